The van der Waals surface area contributed by atoms with Crippen molar-refractivity contribution in [2.75, 3.05) is 13.2 Å². The maximum atomic E-state index is 14.3. The highest BCUT2D eigenvalue weighted by Gasteiger charge is 2.24. The van der Waals surface area contributed by atoms with Gasteiger partial charge in [0.05, 0.1) is 23.3 Å². The molecule has 3 heterocycles. The van der Waals surface area contributed by atoms with Gasteiger partial charge >= 0.3 is 0 Å². The molecule has 0 bridgehead atoms. The van der Waals surface area contributed by atoms with Crippen LogP contribution in [-0.4, -0.2) is 38.2 Å². The number of pyridine rings is 1. The monoisotopic (exact) mass is 405 g/mol. The topological polar surface area (TPSA) is 100 Å². The Morgan fingerprint density at radius 1 is 1.24 bits per heavy atom. The zero-order chi connectivity index (χ0) is 20.5. The van der Waals surface area contributed by atoms with E-state index in [1.807, 2.05) is 0 Å². The maximum absolute atomic E-state index is 14.3. The summed E-state index contributed by atoms with van der Waals surface area (Å²) in [5, 5.41) is 24.3. The SMILES string of the molecule is O=c1c(O)c(-c2c(F)cccc2F)[nH]c2c1c(CO)nn2CCC1CCOCC1. The molecule has 3 N–H and O–H groups in total. The fraction of sp³-hybridized carbons (Fsp3) is 0.400. The Kier molecular flexibility index (Phi) is 5.33. The molecule has 1 saturated heterocycles. The molecular weight excluding hydrogens is 384 g/mol. The lowest BCUT2D eigenvalue weighted by molar-refractivity contribution is 0.0624. The minimum Gasteiger partial charge on any atom is -0.503 e. The summed E-state index contributed by atoms with van der Waals surface area (Å²) in [7, 11) is 0. The van der Waals surface area contributed by atoms with E-state index in [1.165, 1.54) is 10.7 Å². The fourth-order valence-corrected chi connectivity index (χ4v) is 3.82. The number of aliphatic hydroxyl groups excluding tert-OH is 1. The standard InChI is InChI=1S/C20H21F2N3O4/c21-12-2-1-3-13(22)15(12)17-19(28)18(27)16-14(10-26)24-25(20(16)23-17)7-4-11-5-8-29-9-6-11/h1-3,11,26,28H,4-10H2,(H,23,27). The summed E-state index contributed by atoms with van der Waals surface area (Å²) in [6.45, 7) is 1.35. The summed E-state index contributed by atoms with van der Waals surface area (Å²) in [6.07, 6.45) is 2.63. The highest BCUT2D eigenvalue weighted by Crippen LogP contribution is 2.32. The maximum Gasteiger partial charge on any atom is 0.235 e. The van der Waals surface area contributed by atoms with Gasteiger partial charge in [-0.3, -0.25) is 4.79 Å². The molecule has 2 aromatic heterocycles. The number of rotatable bonds is 5. The van der Waals surface area contributed by atoms with Crippen LogP contribution in [0.3, 0.4) is 0 Å². The number of fused-ring (bicyclic) bond motifs is 1. The zero-order valence-electron chi connectivity index (χ0n) is 15.6. The molecule has 0 spiro atoms. The summed E-state index contributed by atoms with van der Waals surface area (Å²) in [4.78, 5) is 15.5. The average molecular weight is 405 g/mol. The van der Waals surface area contributed by atoms with Gasteiger partial charge in [0.2, 0.25) is 5.43 Å². The van der Waals surface area contributed by atoms with E-state index in [9.17, 15) is 23.8 Å². The summed E-state index contributed by atoms with van der Waals surface area (Å²) >= 11 is 0. The summed E-state index contributed by atoms with van der Waals surface area (Å²) in [6, 6.07) is 3.29. The molecule has 9 heteroatoms. The molecule has 1 aliphatic heterocycles. The van der Waals surface area contributed by atoms with Gasteiger partial charge in [0.15, 0.2) is 5.75 Å². The van der Waals surface area contributed by atoms with E-state index in [0.29, 0.717) is 25.7 Å². The minimum absolute atomic E-state index is 0.0116. The normalized spacial score (nSPS) is 15.3. The number of H-pyrrole nitrogens is 1. The number of nitrogens with zero attached hydrogens (tertiary/aromatic N) is 2. The van der Waals surface area contributed by atoms with Crippen LogP contribution >= 0.6 is 0 Å². The van der Waals surface area contributed by atoms with Crippen molar-refractivity contribution in [1.82, 2.24) is 14.8 Å². The fourth-order valence-electron chi connectivity index (χ4n) is 3.82. The molecule has 29 heavy (non-hydrogen) atoms. The number of aliphatic hydroxyl groups is 1. The smallest absolute Gasteiger partial charge is 0.235 e. The quantitative estimate of drug-likeness (QED) is 0.606. The van der Waals surface area contributed by atoms with Crippen LogP contribution in [0.1, 0.15) is 25.0 Å². The van der Waals surface area contributed by atoms with Crippen LogP contribution in [0.15, 0.2) is 23.0 Å². The second-order valence-electron chi connectivity index (χ2n) is 7.17. The number of aromatic nitrogens is 3. The largest absolute Gasteiger partial charge is 0.503 e. The minimum atomic E-state index is -0.911. The lowest BCUT2D eigenvalue weighted by atomic mass is 9.97. The van der Waals surface area contributed by atoms with Crippen molar-refractivity contribution in [1.29, 1.82) is 0 Å². The highest BCUT2D eigenvalue weighted by atomic mass is 19.1. The van der Waals surface area contributed by atoms with Gasteiger partial charge in [0.1, 0.15) is 23.0 Å². The highest BCUT2D eigenvalue weighted by molar-refractivity contribution is 5.84. The third-order valence-corrected chi connectivity index (χ3v) is 5.40. The van der Waals surface area contributed by atoms with Gasteiger partial charge in [0.25, 0.3) is 0 Å². The van der Waals surface area contributed by atoms with Crippen LogP contribution in [0.2, 0.25) is 0 Å². The molecule has 3 aromatic rings. The van der Waals surface area contributed by atoms with E-state index in [4.69, 9.17) is 4.74 Å². The van der Waals surface area contributed by atoms with Gasteiger partial charge < -0.3 is 19.9 Å². The number of hydrogen-bond acceptors (Lipinski definition) is 5. The first-order valence-electron chi connectivity index (χ1n) is 9.49. The van der Waals surface area contributed by atoms with E-state index >= 15 is 0 Å². The van der Waals surface area contributed by atoms with Crippen molar-refractivity contribution in [3.63, 3.8) is 0 Å². The molecule has 0 atom stereocenters. The predicted molar refractivity (Wildman–Crippen MR) is 101 cm³/mol. The average Bonchev–Trinajstić information content (AvgIpc) is 3.08. The Hall–Kier alpha value is -2.78. The van der Waals surface area contributed by atoms with Crippen molar-refractivity contribution in [2.45, 2.75) is 32.4 Å². The Balaban J connectivity index is 1.83. The number of ether oxygens (including phenoxy) is 1. The van der Waals surface area contributed by atoms with Crippen molar-refractivity contribution in [3.8, 4) is 17.0 Å². The van der Waals surface area contributed by atoms with Gasteiger partial charge in [0, 0.05) is 19.8 Å². The lowest BCUT2D eigenvalue weighted by Crippen LogP contribution is -2.18. The molecular formula is C20H21F2N3O4. The third kappa shape index (κ3) is 3.51. The molecule has 0 aliphatic carbocycles. The van der Waals surface area contributed by atoms with Gasteiger partial charge in [-0.25, -0.2) is 13.5 Å². The van der Waals surface area contributed by atoms with Crippen molar-refractivity contribution in [3.05, 3.63) is 45.8 Å². The summed E-state index contributed by atoms with van der Waals surface area (Å²) < 4.78 is 35.4. The predicted octanol–water partition coefficient (Wildman–Crippen LogP) is 2.68. The molecule has 0 unspecified atom stereocenters. The number of nitrogens with one attached hydrogen (secondary N) is 1. The first-order chi connectivity index (χ1) is 14.0. The van der Waals surface area contributed by atoms with Crippen LogP contribution < -0.4 is 5.43 Å². The second kappa shape index (κ2) is 7.92. The van der Waals surface area contributed by atoms with Crippen molar-refractivity contribution >= 4 is 11.0 Å². The first kappa shape index (κ1) is 19.5. The number of hydrogen-bond donors (Lipinski definition) is 3. The third-order valence-electron chi connectivity index (χ3n) is 5.40. The number of aromatic hydroxyl groups is 1. The molecule has 0 amide bonds. The van der Waals surface area contributed by atoms with Crippen LogP contribution in [0.5, 0.6) is 5.75 Å². The van der Waals surface area contributed by atoms with E-state index in [0.717, 1.165) is 31.4 Å². The van der Waals surface area contributed by atoms with E-state index < -0.39 is 35.0 Å². The van der Waals surface area contributed by atoms with E-state index in [2.05, 4.69) is 10.1 Å². The van der Waals surface area contributed by atoms with Crippen LogP contribution in [-0.2, 0) is 17.9 Å². The molecule has 1 fully saturated rings. The number of benzene rings is 1. The molecule has 4 rings (SSSR count). The molecule has 0 radical (unpaired) electrons. The van der Waals surface area contributed by atoms with Gasteiger partial charge in [-0.15, -0.1) is 0 Å². The number of aryl methyl sites for hydroxylation is 1. The Morgan fingerprint density at radius 3 is 2.59 bits per heavy atom. The van der Waals surface area contributed by atoms with E-state index in [-0.39, 0.29) is 22.4 Å². The van der Waals surface area contributed by atoms with Gasteiger partial charge in [-0.05, 0) is 37.3 Å². The van der Waals surface area contributed by atoms with Crippen molar-refractivity contribution in [2.24, 2.45) is 5.92 Å². The number of aromatic amines is 1. The summed E-state index contributed by atoms with van der Waals surface area (Å²) in [5.74, 6) is -2.20. The van der Waals surface area contributed by atoms with Crippen LogP contribution in [0, 0.1) is 17.6 Å². The molecule has 0 saturated carbocycles. The summed E-state index contributed by atoms with van der Waals surface area (Å²) in [5.41, 5.74) is -1.40. The zero-order valence-corrected chi connectivity index (χ0v) is 15.6. The van der Waals surface area contributed by atoms with Crippen LogP contribution in [0.25, 0.3) is 22.3 Å². The first-order valence-corrected chi connectivity index (χ1v) is 9.49. The number of halogens is 2. The van der Waals surface area contributed by atoms with Gasteiger partial charge in [-0.2, -0.15) is 5.10 Å². The van der Waals surface area contributed by atoms with Gasteiger partial charge in [-0.1, -0.05) is 6.07 Å². The lowest BCUT2D eigenvalue weighted by Gasteiger charge is -2.21. The Morgan fingerprint density at radius 2 is 1.93 bits per heavy atom. The molecule has 154 valence electrons. The van der Waals surface area contributed by atoms with Crippen molar-refractivity contribution < 1.29 is 23.7 Å². The Labute approximate surface area is 164 Å². The molecule has 7 nitrogen and oxygen atoms in total. The van der Waals surface area contributed by atoms with Crippen LogP contribution in [0.4, 0.5) is 8.78 Å². The second-order valence-corrected chi connectivity index (χ2v) is 7.17. The molecule has 1 aromatic carbocycles. The Bertz CT molecular complexity index is 1080. The van der Waals surface area contributed by atoms with E-state index in [1.54, 1.807) is 0 Å². The molecule has 1 aliphatic rings.